The number of nitrogens with zero attached hydrogens (tertiary/aromatic N) is 2. The van der Waals surface area contributed by atoms with Crippen LogP contribution >= 0.6 is 11.3 Å². The number of aromatic carboxylic acids is 1. The van der Waals surface area contributed by atoms with E-state index in [1.165, 1.54) is 11.3 Å². The molecule has 0 atom stereocenters. The Kier molecular flexibility index (Phi) is 2.70. The topological polar surface area (TPSA) is 63.1 Å². The van der Waals surface area contributed by atoms with Crippen LogP contribution in [0.5, 0.6) is 0 Å². The van der Waals surface area contributed by atoms with Gasteiger partial charge in [0.2, 0.25) is 0 Å². The van der Waals surface area contributed by atoms with E-state index in [0.717, 1.165) is 11.3 Å². The van der Waals surface area contributed by atoms with Crippen LogP contribution < -0.4 is 0 Å². The van der Waals surface area contributed by atoms with Gasteiger partial charge < -0.3 is 5.11 Å². The molecule has 2 aromatic rings. The smallest absolute Gasteiger partial charge is 0.355 e. The summed E-state index contributed by atoms with van der Waals surface area (Å²) in [6, 6.07) is 3.77. The van der Waals surface area contributed by atoms with Gasteiger partial charge in [-0.3, -0.25) is 4.98 Å². The number of rotatable bonds is 2. The minimum atomic E-state index is -0.992. The Bertz CT molecular complexity index is 549. The van der Waals surface area contributed by atoms with Gasteiger partial charge in [-0.1, -0.05) is 6.07 Å². The number of aryl methyl sites for hydroxylation is 2. The Morgan fingerprint density at radius 2 is 2.19 bits per heavy atom. The SMILES string of the molecule is Cc1cccnc1-c1nc(C(=O)O)c(C)s1. The third kappa shape index (κ3) is 1.81. The van der Waals surface area contributed by atoms with E-state index in [-0.39, 0.29) is 5.69 Å². The minimum absolute atomic E-state index is 0.116. The molecule has 5 heteroatoms. The van der Waals surface area contributed by atoms with Gasteiger partial charge in [-0.05, 0) is 25.5 Å². The number of hydrogen-bond donors (Lipinski definition) is 1. The van der Waals surface area contributed by atoms with Crippen LogP contribution in [-0.4, -0.2) is 21.0 Å². The average Bonchev–Trinajstić information content (AvgIpc) is 2.61. The highest BCUT2D eigenvalue weighted by Gasteiger charge is 2.16. The van der Waals surface area contributed by atoms with Crippen molar-refractivity contribution in [2.24, 2.45) is 0 Å². The molecule has 0 radical (unpaired) electrons. The summed E-state index contributed by atoms with van der Waals surface area (Å²) in [7, 11) is 0. The Morgan fingerprint density at radius 1 is 1.44 bits per heavy atom. The predicted octanol–water partition coefficient (Wildman–Crippen LogP) is 2.52. The summed E-state index contributed by atoms with van der Waals surface area (Å²) >= 11 is 1.36. The van der Waals surface area contributed by atoms with Crippen LogP contribution in [0.15, 0.2) is 18.3 Å². The molecule has 0 aliphatic rings. The molecule has 0 saturated carbocycles. The van der Waals surface area contributed by atoms with E-state index in [0.29, 0.717) is 9.88 Å². The molecule has 0 aliphatic heterocycles. The number of carboxylic acids is 1. The molecule has 0 fully saturated rings. The Labute approximate surface area is 96.6 Å². The molecule has 0 amide bonds. The lowest BCUT2D eigenvalue weighted by molar-refractivity contribution is 0.0690. The maximum Gasteiger partial charge on any atom is 0.355 e. The normalized spacial score (nSPS) is 10.4. The molecule has 0 saturated heterocycles. The molecule has 0 aromatic carbocycles. The first-order valence-electron chi connectivity index (χ1n) is 4.72. The van der Waals surface area contributed by atoms with Gasteiger partial charge in [0.15, 0.2) is 5.69 Å². The highest BCUT2D eigenvalue weighted by molar-refractivity contribution is 7.15. The summed E-state index contributed by atoms with van der Waals surface area (Å²) in [4.78, 5) is 19.9. The number of carboxylic acid groups (broad SMARTS) is 1. The molecule has 2 heterocycles. The van der Waals surface area contributed by atoms with Gasteiger partial charge in [-0.2, -0.15) is 0 Å². The van der Waals surface area contributed by atoms with Crippen LogP contribution in [0.25, 0.3) is 10.7 Å². The van der Waals surface area contributed by atoms with Gasteiger partial charge in [0.25, 0.3) is 0 Å². The Balaban J connectivity index is 2.54. The van der Waals surface area contributed by atoms with Crippen LogP contribution in [0.3, 0.4) is 0 Å². The fourth-order valence-corrected chi connectivity index (χ4v) is 2.37. The number of carbonyl (C=O) groups is 1. The fraction of sp³-hybridized carbons (Fsp3) is 0.182. The molecule has 1 N–H and O–H groups in total. The van der Waals surface area contributed by atoms with Crippen LogP contribution in [-0.2, 0) is 0 Å². The molecular weight excluding hydrogens is 224 g/mol. The van der Waals surface area contributed by atoms with Crippen LogP contribution in [0, 0.1) is 13.8 Å². The average molecular weight is 234 g/mol. The van der Waals surface area contributed by atoms with E-state index in [1.54, 1.807) is 13.1 Å². The lowest BCUT2D eigenvalue weighted by atomic mass is 10.2. The van der Waals surface area contributed by atoms with Crippen molar-refractivity contribution in [3.63, 3.8) is 0 Å². The zero-order valence-corrected chi connectivity index (χ0v) is 9.71. The molecule has 0 bridgehead atoms. The second kappa shape index (κ2) is 4.02. The van der Waals surface area contributed by atoms with Crippen LogP contribution in [0.4, 0.5) is 0 Å². The van der Waals surface area contributed by atoms with E-state index >= 15 is 0 Å². The highest BCUT2D eigenvalue weighted by Crippen LogP contribution is 2.27. The number of thiazole rings is 1. The number of pyridine rings is 1. The van der Waals surface area contributed by atoms with E-state index in [2.05, 4.69) is 9.97 Å². The van der Waals surface area contributed by atoms with Crippen molar-refractivity contribution in [3.05, 3.63) is 34.5 Å². The van der Waals surface area contributed by atoms with Crippen molar-refractivity contribution in [1.29, 1.82) is 0 Å². The molecular formula is C11H10N2O2S. The van der Waals surface area contributed by atoms with Crippen molar-refractivity contribution in [3.8, 4) is 10.7 Å². The van der Waals surface area contributed by atoms with Gasteiger partial charge >= 0.3 is 5.97 Å². The van der Waals surface area contributed by atoms with Crippen molar-refractivity contribution in [2.75, 3.05) is 0 Å². The van der Waals surface area contributed by atoms with E-state index in [9.17, 15) is 4.79 Å². The quantitative estimate of drug-likeness (QED) is 0.867. The largest absolute Gasteiger partial charge is 0.476 e. The predicted molar refractivity (Wildman–Crippen MR) is 61.8 cm³/mol. The van der Waals surface area contributed by atoms with Gasteiger partial charge in [-0.25, -0.2) is 9.78 Å². The monoisotopic (exact) mass is 234 g/mol. The van der Waals surface area contributed by atoms with Crippen molar-refractivity contribution < 1.29 is 9.90 Å². The van der Waals surface area contributed by atoms with Gasteiger partial charge in [0, 0.05) is 11.1 Å². The van der Waals surface area contributed by atoms with E-state index in [1.807, 2.05) is 19.1 Å². The molecule has 0 spiro atoms. The lowest BCUT2D eigenvalue weighted by Gasteiger charge is -1.98. The molecule has 82 valence electrons. The van der Waals surface area contributed by atoms with Gasteiger partial charge in [0.1, 0.15) is 10.7 Å². The first-order valence-corrected chi connectivity index (χ1v) is 5.54. The molecule has 2 aromatic heterocycles. The van der Waals surface area contributed by atoms with Crippen molar-refractivity contribution in [1.82, 2.24) is 9.97 Å². The summed E-state index contributed by atoms with van der Waals surface area (Å²) in [5.41, 5.74) is 1.86. The van der Waals surface area contributed by atoms with E-state index < -0.39 is 5.97 Å². The standard InChI is InChI=1S/C11H10N2O2S/c1-6-4-3-5-12-8(6)10-13-9(11(14)15)7(2)16-10/h3-5H,1-2H3,(H,14,15). The third-order valence-electron chi connectivity index (χ3n) is 2.21. The summed E-state index contributed by atoms with van der Waals surface area (Å²) in [6.07, 6.45) is 1.68. The molecule has 0 aliphatic carbocycles. The maximum absolute atomic E-state index is 10.9. The maximum atomic E-state index is 10.9. The molecule has 4 nitrogen and oxygen atoms in total. The second-order valence-electron chi connectivity index (χ2n) is 3.40. The summed E-state index contributed by atoms with van der Waals surface area (Å²) in [5.74, 6) is -0.992. The molecule has 16 heavy (non-hydrogen) atoms. The highest BCUT2D eigenvalue weighted by atomic mass is 32.1. The third-order valence-corrected chi connectivity index (χ3v) is 3.19. The molecule has 0 unspecified atom stereocenters. The fourth-order valence-electron chi connectivity index (χ4n) is 1.41. The zero-order chi connectivity index (χ0) is 11.7. The first kappa shape index (κ1) is 10.8. The number of hydrogen-bond acceptors (Lipinski definition) is 4. The van der Waals surface area contributed by atoms with Gasteiger partial charge in [-0.15, -0.1) is 11.3 Å². The summed E-state index contributed by atoms with van der Waals surface area (Å²) < 4.78 is 0. The zero-order valence-electron chi connectivity index (χ0n) is 8.89. The Morgan fingerprint density at radius 3 is 2.75 bits per heavy atom. The van der Waals surface area contributed by atoms with Crippen molar-refractivity contribution >= 4 is 17.3 Å². The number of aromatic nitrogens is 2. The second-order valence-corrected chi connectivity index (χ2v) is 4.60. The Hall–Kier alpha value is -1.75. The first-order chi connectivity index (χ1) is 7.59. The molecule has 2 rings (SSSR count). The van der Waals surface area contributed by atoms with Crippen molar-refractivity contribution in [2.45, 2.75) is 13.8 Å². The van der Waals surface area contributed by atoms with Crippen LogP contribution in [0.2, 0.25) is 0 Å². The van der Waals surface area contributed by atoms with E-state index in [4.69, 9.17) is 5.11 Å². The van der Waals surface area contributed by atoms with Gasteiger partial charge in [0.05, 0.1) is 0 Å². The summed E-state index contributed by atoms with van der Waals surface area (Å²) in [6.45, 7) is 3.68. The minimum Gasteiger partial charge on any atom is -0.476 e. The summed E-state index contributed by atoms with van der Waals surface area (Å²) in [5, 5.41) is 9.58. The lowest BCUT2D eigenvalue weighted by Crippen LogP contribution is -1.98. The van der Waals surface area contributed by atoms with Crippen LogP contribution in [0.1, 0.15) is 20.9 Å².